The third-order valence-corrected chi connectivity index (χ3v) is 3.55. The molecule has 0 aliphatic rings. The molecule has 8 heteroatoms. The molecule has 0 unspecified atom stereocenters. The molecule has 0 atom stereocenters. The molecule has 2 rings (SSSR count). The van der Waals surface area contributed by atoms with Gasteiger partial charge in [-0.25, -0.2) is 4.79 Å². The molecule has 0 fully saturated rings. The molecule has 0 bridgehead atoms. The molecule has 0 saturated heterocycles. The van der Waals surface area contributed by atoms with E-state index in [1.54, 1.807) is 0 Å². The number of aliphatic carboxylic acids is 1. The average Bonchev–Trinajstić information content (AvgIpc) is 2.57. The molecule has 0 aromatic heterocycles. The molecule has 142 valence electrons. The maximum atomic E-state index is 12.7. The van der Waals surface area contributed by atoms with Gasteiger partial charge in [-0.15, -0.1) is 0 Å². The van der Waals surface area contributed by atoms with Crippen molar-refractivity contribution in [3.8, 4) is 0 Å². The maximum Gasteiger partial charge on any atom is 0.416 e. The summed E-state index contributed by atoms with van der Waals surface area (Å²) in [6.07, 6.45) is -5.81. The first kappa shape index (κ1) is 20.3. The van der Waals surface area contributed by atoms with Gasteiger partial charge in [0.1, 0.15) is 0 Å². The Hall–Kier alpha value is -3.03. The van der Waals surface area contributed by atoms with E-state index in [9.17, 15) is 31.1 Å². The fourth-order valence-electron chi connectivity index (χ4n) is 2.26. The number of halogens is 6. The third kappa shape index (κ3) is 5.47. The fourth-order valence-corrected chi connectivity index (χ4v) is 2.26. The highest BCUT2D eigenvalue weighted by Gasteiger charge is 2.31. The summed E-state index contributed by atoms with van der Waals surface area (Å²) in [6.45, 7) is 0. The number of allylic oxidation sites excluding steroid dienone is 2. The van der Waals surface area contributed by atoms with Crippen LogP contribution in [0.2, 0.25) is 0 Å². The van der Waals surface area contributed by atoms with Crippen molar-refractivity contribution in [3.05, 3.63) is 89.0 Å². The van der Waals surface area contributed by atoms with Crippen LogP contribution in [0.25, 0.3) is 5.57 Å². The summed E-state index contributed by atoms with van der Waals surface area (Å²) in [5, 5.41) is 8.65. The highest BCUT2D eigenvalue weighted by molar-refractivity contribution is 5.84. The Labute approximate surface area is 150 Å². The van der Waals surface area contributed by atoms with E-state index in [4.69, 9.17) is 5.11 Å². The van der Waals surface area contributed by atoms with Gasteiger partial charge < -0.3 is 5.11 Å². The second-order valence-electron chi connectivity index (χ2n) is 5.43. The largest absolute Gasteiger partial charge is 0.478 e. The number of hydrogen-bond acceptors (Lipinski definition) is 1. The van der Waals surface area contributed by atoms with E-state index >= 15 is 0 Å². The Balaban J connectivity index is 2.47. The first-order valence-corrected chi connectivity index (χ1v) is 7.45. The Bertz CT molecular complexity index is 798. The van der Waals surface area contributed by atoms with Crippen LogP contribution in [0.15, 0.2) is 66.8 Å². The summed E-state index contributed by atoms with van der Waals surface area (Å²) in [7, 11) is 0. The monoisotopic (exact) mass is 386 g/mol. The topological polar surface area (TPSA) is 37.3 Å². The molecule has 0 radical (unpaired) electrons. The number of rotatable bonds is 4. The smallest absolute Gasteiger partial charge is 0.416 e. The van der Waals surface area contributed by atoms with Crippen LogP contribution in [0.4, 0.5) is 26.3 Å². The molecule has 0 amide bonds. The summed E-state index contributed by atoms with van der Waals surface area (Å²) >= 11 is 0. The number of carboxylic acid groups (broad SMARTS) is 1. The molecular weight excluding hydrogens is 374 g/mol. The minimum absolute atomic E-state index is 0.273. The van der Waals surface area contributed by atoms with Gasteiger partial charge in [0, 0.05) is 6.08 Å². The molecule has 0 heterocycles. The summed E-state index contributed by atoms with van der Waals surface area (Å²) in [4.78, 5) is 10.6. The SMILES string of the molecule is O=C(O)/C=C/C=C(c1ccc(C(F)(F)F)cc1)c1ccc(C(F)(F)F)cc1. The van der Waals surface area contributed by atoms with Crippen LogP contribution in [-0.4, -0.2) is 11.1 Å². The zero-order valence-electron chi connectivity index (χ0n) is 13.5. The molecular formula is C19H12F6O2. The van der Waals surface area contributed by atoms with Crippen LogP contribution in [0, 0.1) is 0 Å². The van der Waals surface area contributed by atoms with Crippen molar-refractivity contribution in [2.24, 2.45) is 0 Å². The average molecular weight is 386 g/mol. The predicted molar refractivity (Wildman–Crippen MR) is 86.7 cm³/mol. The van der Waals surface area contributed by atoms with Gasteiger partial charge in [0.25, 0.3) is 0 Å². The van der Waals surface area contributed by atoms with Crippen LogP contribution in [0.5, 0.6) is 0 Å². The maximum absolute atomic E-state index is 12.7. The van der Waals surface area contributed by atoms with Crippen LogP contribution in [0.1, 0.15) is 22.3 Å². The highest BCUT2D eigenvalue weighted by atomic mass is 19.4. The van der Waals surface area contributed by atoms with E-state index in [0.29, 0.717) is 0 Å². The second kappa shape index (κ2) is 7.69. The molecule has 0 saturated carbocycles. The number of alkyl halides is 6. The van der Waals surface area contributed by atoms with Crippen molar-refractivity contribution in [1.82, 2.24) is 0 Å². The van der Waals surface area contributed by atoms with Crippen molar-refractivity contribution in [3.63, 3.8) is 0 Å². The van der Waals surface area contributed by atoms with E-state index in [-0.39, 0.29) is 16.7 Å². The molecule has 27 heavy (non-hydrogen) atoms. The Morgan fingerprint density at radius 3 is 1.41 bits per heavy atom. The zero-order valence-corrected chi connectivity index (χ0v) is 13.5. The van der Waals surface area contributed by atoms with Crippen LogP contribution < -0.4 is 0 Å². The van der Waals surface area contributed by atoms with E-state index < -0.39 is 29.4 Å². The third-order valence-electron chi connectivity index (χ3n) is 3.55. The molecule has 2 aromatic rings. The van der Waals surface area contributed by atoms with Crippen LogP contribution >= 0.6 is 0 Å². The van der Waals surface area contributed by atoms with Crippen molar-refractivity contribution >= 4 is 11.5 Å². The first-order valence-electron chi connectivity index (χ1n) is 7.45. The molecule has 0 aliphatic heterocycles. The zero-order chi connectivity index (χ0) is 20.2. The lowest BCUT2D eigenvalue weighted by atomic mass is 9.95. The molecule has 1 N–H and O–H groups in total. The van der Waals surface area contributed by atoms with E-state index in [0.717, 1.165) is 36.4 Å². The van der Waals surface area contributed by atoms with Gasteiger partial charge in [-0.2, -0.15) is 26.3 Å². The van der Waals surface area contributed by atoms with Crippen molar-refractivity contribution in [2.45, 2.75) is 12.4 Å². The van der Waals surface area contributed by atoms with Gasteiger partial charge in [-0.3, -0.25) is 0 Å². The standard InChI is InChI=1S/C19H12F6O2/c20-18(21,22)14-8-4-12(5-9-14)16(2-1-3-17(26)27)13-6-10-15(11-7-13)19(23,24)25/h1-11H,(H,26,27)/b3-1+. The van der Waals surface area contributed by atoms with Gasteiger partial charge in [0.05, 0.1) is 11.1 Å². The quantitative estimate of drug-likeness (QED) is 0.410. The van der Waals surface area contributed by atoms with Gasteiger partial charge in [0.15, 0.2) is 0 Å². The normalized spacial score (nSPS) is 12.2. The summed E-state index contributed by atoms with van der Waals surface area (Å²) < 4.78 is 76.2. The van der Waals surface area contributed by atoms with Gasteiger partial charge in [-0.05, 0) is 41.0 Å². The number of carbonyl (C=O) groups is 1. The molecule has 2 nitrogen and oxygen atoms in total. The van der Waals surface area contributed by atoms with Gasteiger partial charge in [0.2, 0.25) is 0 Å². The number of benzene rings is 2. The minimum Gasteiger partial charge on any atom is -0.478 e. The van der Waals surface area contributed by atoms with Gasteiger partial charge in [-0.1, -0.05) is 36.4 Å². The molecule has 2 aromatic carbocycles. The van der Waals surface area contributed by atoms with E-state index in [1.807, 2.05) is 0 Å². The van der Waals surface area contributed by atoms with Crippen molar-refractivity contribution < 1.29 is 36.2 Å². The lowest BCUT2D eigenvalue weighted by molar-refractivity contribution is -0.138. The Morgan fingerprint density at radius 2 is 1.11 bits per heavy atom. The summed E-state index contributed by atoms with van der Waals surface area (Å²) in [5.74, 6) is -1.24. The first-order chi connectivity index (χ1) is 12.5. The molecule has 0 spiro atoms. The molecule has 0 aliphatic carbocycles. The lowest BCUT2D eigenvalue weighted by Crippen LogP contribution is -2.05. The van der Waals surface area contributed by atoms with Gasteiger partial charge >= 0.3 is 18.3 Å². The van der Waals surface area contributed by atoms with Crippen molar-refractivity contribution in [2.75, 3.05) is 0 Å². The number of carboxylic acids is 1. The highest BCUT2D eigenvalue weighted by Crippen LogP contribution is 2.33. The lowest BCUT2D eigenvalue weighted by Gasteiger charge is -2.12. The Kier molecular flexibility index (Phi) is 5.78. The number of hydrogen-bond donors (Lipinski definition) is 1. The van der Waals surface area contributed by atoms with Crippen molar-refractivity contribution in [1.29, 1.82) is 0 Å². The van der Waals surface area contributed by atoms with Crippen LogP contribution in [-0.2, 0) is 17.1 Å². The summed E-state index contributed by atoms with van der Waals surface area (Å²) in [6, 6.07) is 8.04. The van der Waals surface area contributed by atoms with E-state index in [2.05, 4.69) is 0 Å². The Morgan fingerprint density at radius 1 is 0.741 bits per heavy atom. The van der Waals surface area contributed by atoms with E-state index in [1.165, 1.54) is 30.3 Å². The summed E-state index contributed by atoms with van der Waals surface area (Å²) in [5.41, 5.74) is -0.899. The fraction of sp³-hybridized carbons (Fsp3) is 0.105. The predicted octanol–water partition coefficient (Wildman–Crippen LogP) is 5.80. The van der Waals surface area contributed by atoms with Crippen LogP contribution in [0.3, 0.4) is 0 Å². The second-order valence-corrected chi connectivity index (χ2v) is 5.43. The minimum atomic E-state index is -4.53.